The van der Waals surface area contributed by atoms with E-state index in [2.05, 4.69) is 41.2 Å². The predicted octanol–water partition coefficient (Wildman–Crippen LogP) is 2.52. The first-order chi connectivity index (χ1) is 7.24. The zero-order valence-electron chi connectivity index (χ0n) is 8.34. The fourth-order valence-electron chi connectivity index (χ4n) is 1.11. The van der Waals surface area contributed by atoms with Gasteiger partial charge in [0.05, 0.1) is 12.4 Å². The molecular weight excluding hydrogens is 206 g/mol. The van der Waals surface area contributed by atoms with Crippen LogP contribution in [0.15, 0.2) is 46.6 Å². The van der Waals surface area contributed by atoms with Crippen molar-refractivity contribution >= 4 is 17.6 Å². The summed E-state index contributed by atoms with van der Waals surface area (Å²) in [4.78, 5) is 9.31. The largest absolute Gasteiger partial charge is 0.382 e. The number of aryl methyl sites for hydroxylation is 1. The Morgan fingerprint density at radius 2 is 1.80 bits per heavy atom. The summed E-state index contributed by atoms with van der Waals surface area (Å²) < 4.78 is 0. The number of nitrogens with zero attached hydrogens (tertiary/aromatic N) is 2. The molecule has 0 saturated heterocycles. The fourth-order valence-corrected chi connectivity index (χ4v) is 1.83. The highest BCUT2D eigenvalue weighted by molar-refractivity contribution is 7.99. The molecule has 0 radical (unpaired) electrons. The zero-order valence-corrected chi connectivity index (χ0v) is 9.16. The van der Waals surface area contributed by atoms with Crippen molar-refractivity contribution in [2.45, 2.75) is 16.8 Å². The van der Waals surface area contributed by atoms with E-state index in [1.165, 1.54) is 5.56 Å². The molecule has 1 heterocycles. The van der Waals surface area contributed by atoms with Gasteiger partial charge in [-0.05, 0) is 19.1 Å². The van der Waals surface area contributed by atoms with E-state index in [9.17, 15) is 0 Å². The van der Waals surface area contributed by atoms with Crippen LogP contribution in [-0.2, 0) is 0 Å². The van der Waals surface area contributed by atoms with Crippen molar-refractivity contribution in [1.82, 2.24) is 9.97 Å². The summed E-state index contributed by atoms with van der Waals surface area (Å²) in [6, 6.07) is 8.29. The van der Waals surface area contributed by atoms with E-state index in [1.54, 1.807) is 24.2 Å². The van der Waals surface area contributed by atoms with Crippen LogP contribution in [0.5, 0.6) is 0 Å². The average molecular weight is 217 g/mol. The second-order valence-electron chi connectivity index (χ2n) is 3.19. The molecule has 0 aliphatic rings. The van der Waals surface area contributed by atoms with Crippen molar-refractivity contribution < 1.29 is 0 Å². The topological polar surface area (TPSA) is 51.8 Å². The van der Waals surface area contributed by atoms with Crippen LogP contribution in [0.1, 0.15) is 5.56 Å². The minimum absolute atomic E-state index is 0.447. The lowest BCUT2D eigenvalue weighted by molar-refractivity contribution is 1.06. The molecular formula is C11H11N3S. The lowest BCUT2D eigenvalue weighted by Crippen LogP contribution is -1.91. The molecule has 1 aromatic heterocycles. The Balaban J connectivity index is 2.15. The zero-order chi connectivity index (χ0) is 10.7. The molecule has 2 aromatic rings. The van der Waals surface area contributed by atoms with E-state index in [-0.39, 0.29) is 0 Å². The maximum Gasteiger partial charge on any atom is 0.141 e. The normalized spacial score (nSPS) is 10.2. The summed E-state index contributed by atoms with van der Waals surface area (Å²) >= 11 is 1.58. The average Bonchev–Trinajstić information content (AvgIpc) is 2.25. The standard InChI is InChI=1S/C11H11N3S/c1-8-2-4-9(5-3-8)15-11-7-13-10(12)6-14-11/h2-7H,1H3,(H2,12,13). The first kappa shape index (κ1) is 9.98. The van der Waals surface area contributed by atoms with Gasteiger partial charge in [-0.2, -0.15) is 0 Å². The van der Waals surface area contributed by atoms with Gasteiger partial charge in [0.25, 0.3) is 0 Å². The third kappa shape index (κ3) is 2.70. The van der Waals surface area contributed by atoms with E-state index >= 15 is 0 Å². The number of hydrogen-bond acceptors (Lipinski definition) is 4. The van der Waals surface area contributed by atoms with Crippen LogP contribution < -0.4 is 5.73 Å². The van der Waals surface area contributed by atoms with Gasteiger partial charge in [-0.1, -0.05) is 29.5 Å². The number of rotatable bonds is 2. The maximum absolute atomic E-state index is 5.46. The maximum atomic E-state index is 5.46. The van der Waals surface area contributed by atoms with Crippen LogP contribution in [-0.4, -0.2) is 9.97 Å². The van der Waals surface area contributed by atoms with Gasteiger partial charge in [-0.3, -0.25) is 0 Å². The van der Waals surface area contributed by atoms with Crippen molar-refractivity contribution in [3.8, 4) is 0 Å². The van der Waals surface area contributed by atoms with Crippen LogP contribution in [0, 0.1) is 6.92 Å². The Morgan fingerprint density at radius 1 is 1.07 bits per heavy atom. The first-order valence-corrected chi connectivity index (χ1v) is 5.38. The number of nitrogens with two attached hydrogens (primary N) is 1. The van der Waals surface area contributed by atoms with Crippen LogP contribution in [0.2, 0.25) is 0 Å². The highest BCUT2D eigenvalue weighted by atomic mass is 32.2. The molecule has 0 fully saturated rings. The highest BCUT2D eigenvalue weighted by Gasteiger charge is 1.98. The number of hydrogen-bond donors (Lipinski definition) is 1. The summed E-state index contributed by atoms with van der Waals surface area (Å²) in [7, 11) is 0. The molecule has 4 heteroatoms. The molecule has 1 aromatic carbocycles. The van der Waals surface area contributed by atoms with Crippen molar-refractivity contribution in [2.75, 3.05) is 5.73 Å². The van der Waals surface area contributed by atoms with Gasteiger partial charge < -0.3 is 5.73 Å². The lowest BCUT2D eigenvalue weighted by Gasteiger charge is -2.00. The van der Waals surface area contributed by atoms with Gasteiger partial charge in [-0.15, -0.1) is 0 Å². The first-order valence-electron chi connectivity index (χ1n) is 4.56. The van der Waals surface area contributed by atoms with Gasteiger partial charge in [0.2, 0.25) is 0 Å². The second kappa shape index (κ2) is 4.31. The van der Waals surface area contributed by atoms with Gasteiger partial charge in [0.15, 0.2) is 0 Å². The second-order valence-corrected chi connectivity index (χ2v) is 4.29. The van der Waals surface area contributed by atoms with Crippen LogP contribution in [0.4, 0.5) is 5.82 Å². The molecule has 2 rings (SSSR count). The molecule has 2 N–H and O–H groups in total. The van der Waals surface area contributed by atoms with E-state index < -0.39 is 0 Å². The Morgan fingerprint density at radius 3 is 2.40 bits per heavy atom. The van der Waals surface area contributed by atoms with Crippen LogP contribution in [0.25, 0.3) is 0 Å². The highest BCUT2D eigenvalue weighted by Crippen LogP contribution is 2.25. The minimum atomic E-state index is 0.447. The SMILES string of the molecule is Cc1ccc(Sc2cnc(N)cn2)cc1. The quantitative estimate of drug-likeness (QED) is 0.839. The van der Waals surface area contributed by atoms with Gasteiger partial charge >= 0.3 is 0 Å². The van der Waals surface area contributed by atoms with Crippen LogP contribution >= 0.6 is 11.8 Å². The third-order valence-corrected chi connectivity index (χ3v) is 2.82. The number of benzene rings is 1. The molecule has 0 saturated carbocycles. The molecule has 0 bridgehead atoms. The summed E-state index contributed by atoms with van der Waals surface area (Å²) in [5.74, 6) is 0.447. The van der Waals surface area contributed by atoms with Gasteiger partial charge in [-0.25, -0.2) is 9.97 Å². The Bertz CT molecular complexity index is 393. The molecule has 0 amide bonds. The summed E-state index contributed by atoms with van der Waals surface area (Å²) in [6.45, 7) is 2.07. The van der Waals surface area contributed by atoms with E-state index in [0.29, 0.717) is 5.82 Å². The van der Waals surface area contributed by atoms with E-state index in [0.717, 1.165) is 9.92 Å². The summed E-state index contributed by atoms with van der Waals surface area (Å²) in [6.07, 6.45) is 3.25. The fraction of sp³-hybridized carbons (Fsp3) is 0.0909. The van der Waals surface area contributed by atoms with Gasteiger partial charge in [0.1, 0.15) is 10.8 Å². The predicted molar refractivity (Wildman–Crippen MR) is 61.7 cm³/mol. The molecule has 0 aliphatic carbocycles. The molecule has 15 heavy (non-hydrogen) atoms. The molecule has 76 valence electrons. The van der Waals surface area contributed by atoms with Crippen molar-refractivity contribution in [2.24, 2.45) is 0 Å². The monoisotopic (exact) mass is 217 g/mol. The minimum Gasteiger partial charge on any atom is -0.382 e. The van der Waals surface area contributed by atoms with Gasteiger partial charge in [0, 0.05) is 4.90 Å². The number of anilines is 1. The van der Waals surface area contributed by atoms with Crippen molar-refractivity contribution in [1.29, 1.82) is 0 Å². The summed E-state index contributed by atoms with van der Waals surface area (Å²) in [5.41, 5.74) is 6.71. The molecule has 0 spiro atoms. The molecule has 0 unspecified atom stereocenters. The van der Waals surface area contributed by atoms with Crippen molar-refractivity contribution in [3.05, 3.63) is 42.2 Å². The Hall–Kier alpha value is -1.55. The smallest absolute Gasteiger partial charge is 0.141 e. The van der Waals surface area contributed by atoms with Crippen LogP contribution in [0.3, 0.4) is 0 Å². The molecule has 3 nitrogen and oxygen atoms in total. The number of nitrogen functional groups attached to an aromatic ring is 1. The molecule has 0 aliphatic heterocycles. The Kier molecular flexibility index (Phi) is 2.87. The lowest BCUT2D eigenvalue weighted by atomic mass is 10.2. The number of aromatic nitrogens is 2. The molecule has 0 atom stereocenters. The van der Waals surface area contributed by atoms with E-state index in [1.807, 2.05) is 0 Å². The van der Waals surface area contributed by atoms with Crippen molar-refractivity contribution in [3.63, 3.8) is 0 Å². The van der Waals surface area contributed by atoms with E-state index in [4.69, 9.17) is 5.73 Å². The third-order valence-electron chi connectivity index (χ3n) is 1.89. The Labute approximate surface area is 92.8 Å². The summed E-state index contributed by atoms with van der Waals surface area (Å²) in [5, 5.41) is 0.855.